The Morgan fingerprint density at radius 1 is 1.17 bits per heavy atom. The number of hydrogen-bond acceptors (Lipinski definition) is 4. The van der Waals surface area contributed by atoms with Crippen LogP contribution in [0.4, 0.5) is 0 Å². The number of fused-ring (bicyclic) bond motifs is 1. The molecule has 3 aromatic rings. The first-order valence-corrected chi connectivity index (χ1v) is 10.1. The normalized spacial score (nSPS) is 11.9. The summed E-state index contributed by atoms with van der Waals surface area (Å²) in [4.78, 5) is 4.37. The van der Waals surface area contributed by atoms with E-state index in [0.717, 1.165) is 10.7 Å². The standard InChI is InChI=1S/C15H12Cl2N2O2S2/c16-11-4-5-13(17)14(9-11)23(20,21)8-7-22-15-18-10-12-3-1-2-6-19(12)15/h1-6,9-10H,7-8H2. The van der Waals surface area contributed by atoms with Crippen molar-refractivity contribution >= 4 is 50.3 Å². The van der Waals surface area contributed by atoms with Crippen LogP contribution in [-0.2, 0) is 9.84 Å². The molecule has 0 aliphatic rings. The van der Waals surface area contributed by atoms with Crippen molar-refractivity contribution in [1.82, 2.24) is 9.38 Å². The number of rotatable bonds is 5. The van der Waals surface area contributed by atoms with Crippen LogP contribution in [0.2, 0.25) is 10.0 Å². The minimum Gasteiger partial charge on any atom is -0.295 e. The number of aromatic nitrogens is 2. The molecule has 0 aliphatic heterocycles. The van der Waals surface area contributed by atoms with Crippen molar-refractivity contribution in [1.29, 1.82) is 0 Å². The monoisotopic (exact) mass is 386 g/mol. The largest absolute Gasteiger partial charge is 0.295 e. The summed E-state index contributed by atoms with van der Waals surface area (Å²) in [5.74, 6) is 0.332. The molecule has 2 heterocycles. The predicted octanol–water partition coefficient (Wildman–Crippen LogP) is 4.21. The zero-order valence-corrected chi connectivity index (χ0v) is 15.0. The zero-order chi connectivity index (χ0) is 16.4. The SMILES string of the molecule is O=S(=O)(CCSc1ncc2ccccn12)c1cc(Cl)ccc1Cl. The number of halogens is 2. The van der Waals surface area contributed by atoms with E-state index in [1.165, 1.54) is 23.9 Å². The minimum absolute atomic E-state index is 0.0422. The first-order chi connectivity index (χ1) is 11.0. The van der Waals surface area contributed by atoms with E-state index in [1.54, 1.807) is 12.3 Å². The number of pyridine rings is 1. The molecule has 0 N–H and O–H groups in total. The minimum atomic E-state index is -3.49. The number of thioether (sulfide) groups is 1. The van der Waals surface area contributed by atoms with Gasteiger partial charge in [-0.2, -0.15) is 0 Å². The molecular weight excluding hydrogens is 375 g/mol. The van der Waals surface area contributed by atoms with Gasteiger partial charge in [-0.3, -0.25) is 4.40 Å². The molecule has 0 atom stereocenters. The zero-order valence-electron chi connectivity index (χ0n) is 11.8. The van der Waals surface area contributed by atoms with E-state index in [-0.39, 0.29) is 15.7 Å². The molecule has 1 aromatic carbocycles. The fourth-order valence-electron chi connectivity index (χ4n) is 2.09. The van der Waals surface area contributed by atoms with Crippen molar-refractivity contribution in [2.75, 3.05) is 11.5 Å². The van der Waals surface area contributed by atoms with Crippen LogP contribution in [0.3, 0.4) is 0 Å². The van der Waals surface area contributed by atoms with Crippen LogP contribution >= 0.6 is 35.0 Å². The molecule has 23 heavy (non-hydrogen) atoms. The smallest absolute Gasteiger partial charge is 0.180 e. The van der Waals surface area contributed by atoms with E-state index in [9.17, 15) is 8.42 Å². The fraction of sp³-hybridized carbons (Fsp3) is 0.133. The maximum atomic E-state index is 12.4. The van der Waals surface area contributed by atoms with E-state index in [1.807, 2.05) is 28.8 Å². The van der Waals surface area contributed by atoms with Gasteiger partial charge in [0.05, 0.1) is 27.4 Å². The molecule has 8 heteroatoms. The van der Waals surface area contributed by atoms with Gasteiger partial charge in [-0.05, 0) is 30.3 Å². The van der Waals surface area contributed by atoms with Crippen LogP contribution in [-0.4, -0.2) is 29.3 Å². The molecule has 120 valence electrons. The van der Waals surface area contributed by atoms with Gasteiger partial charge >= 0.3 is 0 Å². The van der Waals surface area contributed by atoms with Gasteiger partial charge in [0.15, 0.2) is 15.0 Å². The molecule has 0 fully saturated rings. The van der Waals surface area contributed by atoms with Crippen molar-refractivity contribution in [3.05, 3.63) is 58.8 Å². The summed E-state index contributed by atoms with van der Waals surface area (Å²) in [6.07, 6.45) is 3.65. The van der Waals surface area contributed by atoms with Gasteiger partial charge in [0.2, 0.25) is 0 Å². The molecule has 0 bridgehead atoms. The lowest BCUT2D eigenvalue weighted by Gasteiger charge is -2.07. The van der Waals surface area contributed by atoms with Gasteiger partial charge in [0.1, 0.15) is 0 Å². The molecule has 0 saturated heterocycles. The summed E-state index contributed by atoms with van der Waals surface area (Å²) in [6, 6.07) is 10.2. The Bertz CT molecular complexity index is 955. The number of imidazole rings is 1. The van der Waals surface area contributed by atoms with Gasteiger partial charge < -0.3 is 0 Å². The summed E-state index contributed by atoms with van der Waals surface area (Å²) >= 11 is 13.2. The Hall–Kier alpha value is -1.21. The van der Waals surface area contributed by atoms with Crippen molar-refractivity contribution in [2.45, 2.75) is 10.1 Å². The summed E-state index contributed by atoms with van der Waals surface area (Å²) in [5.41, 5.74) is 0.968. The first-order valence-electron chi connectivity index (χ1n) is 6.70. The van der Waals surface area contributed by atoms with Crippen molar-refractivity contribution in [3.8, 4) is 0 Å². The number of hydrogen-bond donors (Lipinski definition) is 0. The molecule has 2 aromatic heterocycles. The predicted molar refractivity (Wildman–Crippen MR) is 94.4 cm³/mol. The average molecular weight is 387 g/mol. The second-order valence-electron chi connectivity index (χ2n) is 4.78. The Morgan fingerprint density at radius 2 is 2.00 bits per heavy atom. The van der Waals surface area contributed by atoms with Crippen molar-refractivity contribution < 1.29 is 8.42 Å². The molecule has 0 saturated carbocycles. The first kappa shape index (κ1) is 16.6. The van der Waals surface area contributed by atoms with Crippen LogP contribution < -0.4 is 0 Å². The summed E-state index contributed by atoms with van der Waals surface area (Å²) in [7, 11) is -3.49. The Balaban J connectivity index is 1.74. The average Bonchev–Trinajstić information content (AvgIpc) is 2.93. The molecule has 4 nitrogen and oxygen atoms in total. The molecule has 3 rings (SSSR count). The van der Waals surface area contributed by atoms with Crippen LogP contribution in [0.5, 0.6) is 0 Å². The van der Waals surface area contributed by atoms with Crippen LogP contribution in [0, 0.1) is 0 Å². The topological polar surface area (TPSA) is 51.4 Å². The highest BCUT2D eigenvalue weighted by Crippen LogP contribution is 2.27. The number of nitrogens with zero attached hydrogens (tertiary/aromatic N) is 2. The lowest BCUT2D eigenvalue weighted by Crippen LogP contribution is -2.09. The maximum absolute atomic E-state index is 12.4. The quantitative estimate of drug-likeness (QED) is 0.616. The van der Waals surface area contributed by atoms with E-state index in [2.05, 4.69) is 4.98 Å². The Morgan fingerprint density at radius 3 is 2.83 bits per heavy atom. The molecule has 0 aliphatic carbocycles. The van der Waals surface area contributed by atoms with Crippen molar-refractivity contribution in [2.24, 2.45) is 0 Å². The highest BCUT2D eigenvalue weighted by atomic mass is 35.5. The Labute approximate surface area is 148 Å². The van der Waals surface area contributed by atoms with Crippen molar-refractivity contribution in [3.63, 3.8) is 0 Å². The molecule has 0 unspecified atom stereocenters. The highest BCUT2D eigenvalue weighted by molar-refractivity contribution is 8.00. The number of sulfone groups is 1. The van der Waals surface area contributed by atoms with Gasteiger partial charge in [0, 0.05) is 17.0 Å². The lowest BCUT2D eigenvalue weighted by atomic mass is 10.4. The third-order valence-electron chi connectivity index (χ3n) is 3.22. The molecule has 0 spiro atoms. The van der Waals surface area contributed by atoms with Crippen LogP contribution in [0.15, 0.2) is 58.8 Å². The van der Waals surface area contributed by atoms with E-state index >= 15 is 0 Å². The molecule has 0 amide bonds. The third-order valence-corrected chi connectivity index (χ3v) is 6.87. The Kier molecular flexibility index (Phi) is 4.87. The van der Waals surface area contributed by atoms with Crippen LogP contribution in [0.25, 0.3) is 5.52 Å². The van der Waals surface area contributed by atoms with E-state index in [4.69, 9.17) is 23.2 Å². The van der Waals surface area contributed by atoms with E-state index < -0.39 is 9.84 Å². The lowest BCUT2D eigenvalue weighted by molar-refractivity contribution is 0.597. The second kappa shape index (κ2) is 6.73. The van der Waals surface area contributed by atoms with Gasteiger partial charge in [-0.15, -0.1) is 0 Å². The van der Waals surface area contributed by atoms with Crippen LogP contribution in [0.1, 0.15) is 0 Å². The third kappa shape index (κ3) is 3.66. The fourth-order valence-corrected chi connectivity index (χ4v) is 5.52. The maximum Gasteiger partial charge on any atom is 0.180 e. The van der Waals surface area contributed by atoms with E-state index in [0.29, 0.717) is 10.8 Å². The molecule has 0 radical (unpaired) electrons. The second-order valence-corrected chi connectivity index (χ2v) is 8.76. The highest BCUT2D eigenvalue weighted by Gasteiger charge is 2.19. The summed E-state index contributed by atoms with van der Waals surface area (Å²) < 4.78 is 26.7. The van der Waals surface area contributed by atoms with Gasteiger partial charge in [0.25, 0.3) is 0 Å². The number of benzene rings is 1. The summed E-state index contributed by atoms with van der Waals surface area (Å²) in [6.45, 7) is 0. The summed E-state index contributed by atoms with van der Waals surface area (Å²) in [5, 5.41) is 1.29. The van der Waals surface area contributed by atoms with Gasteiger partial charge in [-0.25, -0.2) is 13.4 Å². The van der Waals surface area contributed by atoms with Gasteiger partial charge in [-0.1, -0.05) is 41.0 Å². The molecular formula is C15H12Cl2N2O2S2.